The standard InChI is InChI=1S/C15H27N3O2/c1-5-14(4,19-7-3)12-17-13(20-18-12)15(6-2)8-10-16-11-9-15/h16H,5-11H2,1-4H3. The molecule has 1 aromatic heterocycles. The van der Waals surface area contributed by atoms with Gasteiger partial charge in [0, 0.05) is 6.61 Å². The topological polar surface area (TPSA) is 60.2 Å². The van der Waals surface area contributed by atoms with Gasteiger partial charge in [-0.3, -0.25) is 0 Å². The van der Waals surface area contributed by atoms with Gasteiger partial charge in [0.05, 0.1) is 5.41 Å². The third-order valence-electron chi connectivity index (χ3n) is 4.73. The molecule has 20 heavy (non-hydrogen) atoms. The van der Waals surface area contributed by atoms with Gasteiger partial charge < -0.3 is 14.6 Å². The number of hydrogen-bond acceptors (Lipinski definition) is 5. The lowest BCUT2D eigenvalue weighted by atomic mass is 9.76. The Bertz CT molecular complexity index is 427. The van der Waals surface area contributed by atoms with E-state index in [0.717, 1.165) is 44.7 Å². The van der Waals surface area contributed by atoms with Crippen molar-refractivity contribution in [2.45, 2.75) is 64.4 Å². The van der Waals surface area contributed by atoms with Crippen LogP contribution in [0.1, 0.15) is 65.1 Å². The monoisotopic (exact) mass is 281 g/mol. The van der Waals surface area contributed by atoms with Crippen molar-refractivity contribution in [2.75, 3.05) is 19.7 Å². The smallest absolute Gasteiger partial charge is 0.233 e. The van der Waals surface area contributed by atoms with Crippen molar-refractivity contribution in [1.82, 2.24) is 15.5 Å². The van der Waals surface area contributed by atoms with Crippen LogP contribution in [0.5, 0.6) is 0 Å². The molecule has 0 aromatic carbocycles. The van der Waals surface area contributed by atoms with Crippen molar-refractivity contribution in [3.8, 4) is 0 Å². The van der Waals surface area contributed by atoms with Crippen molar-refractivity contribution in [3.05, 3.63) is 11.7 Å². The van der Waals surface area contributed by atoms with Crippen LogP contribution in [0.4, 0.5) is 0 Å². The van der Waals surface area contributed by atoms with E-state index in [4.69, 9.17) is 14.2 Å². The Morgan fingerprint density at radius 1 is 1.30 bits per heavy atom. The molecule has 0 aliphatic carbocycles. The summed E-state index contributed by atoms with van der Waals surface area (Å²) in [6.45, 7) is 11.0. The Morgan fingerprint density at radius 3 is 2.55 bits per heavy atom. The van der Waals surface area contributed by atoms with E-state index in [-0.39, 0.29) is 5.41 Å². The third kappa shape index (κ3) is 2.74. The van der Waals surface area contributed by atoms with Gasteiger partial charge in [0.2, 0.25) is 11.7 Å². The maximum Gasteiger partial charge on any atom is 0.233 e. The Morgan fingerprint density at radius 2 is 2.00 bits per heavy atom. The minimum absolute atomic E-state index is 0.0391. The fourth-order valence-corrected chi connectivity index (χ4v) is 2.92. The summed E-state index contributed by atoms with van der Waals surface area (Å²) in [5.41, 5.74) is -0.407. The van der Waals surface area contributed by atoms with Crippen molar-refractivity contribution in [2.24, 2.45) is 0 Å². The van der Waals surface area contributed by atoms with E-state index in [0.29, 0.717) is 12.4 Å². The highest BCUT2D eigenvalue weighted by Crippen LogP contribution is 2.37. The van der Waals surface area contributed by atoms with E-state index in [1.165, 1.54) is 0 Å². The molecule has 1 aliphatic heterocycles. The first kappa shape index (κ1) is 15.4. The molecule has 1 aliphatic rings. The summed E-state index contributed by atoms with van der Waals surface area (Å²) in [5, 5.41) is 7.61. The molecule has 1 atom stereocenters. The van der Waals surface area contributed by atoms with Gasteiger partial charge in [-0.2, -0.15) is 4.98 Å². The molecule has 0 spiro atoms. The number of rotatable bonds is 6. The zero-order valence-corrected chi connectivity index (χ0v) is 13.2. The predicted octanol–water partition coefficient (Wildman–Crippen LogP) is 2.76. The summed E-state index contributed by atoms with van der Waals surface area (Å²) in [4.78, 5) is 4.71. The normalized spacial score (nSPS) is 21.6. The Balaban J connectivity index is 2.27. The van der Waals surface area contributed by atoms with Gasteiger partial charge in [0.15, 0.2) is 0 Å². The van der Waals surface area contributed by atoms with E-state index in [9.17, 15) is 0 Å². The number of piperidine rings is 1. The Kier molecular flexibility index (Phi) is 4.81. The van der Waals surface area contributed by atoms with Gasteiger partial charge >= 0.3 is 0 Å². The summed E-state index contributed by atoms with van der Waals surface area (Å²) in [6, 6.07) is 0. The van der Waals surface area contributed by atoms with E-state index >= 15 is 0 Å². The lowest BCUT2D eigenvalue weighted by Crippen LogP contribution is -2.39. The van der Waals surface area contributed by atoms with E-state index in [2.05, 4.69) is 24.3 Å². The highest BCUT2D eigenvalue weighted by atomic mass is 16.5. The average Bonchev–Trinajstić information content (AvgIpc) is 2.99. The molecule has 5 heteroatoms. The molecule has 1 saturated heterocycles. The second kappa shape index (κ2) is 6.22. The van der Waals surface area contributed by atoms with Gasteiger partial charge in [-0.1, -0.05) is 19.0 Å². The van der Waals surface area contributed by atoms with E-state index in [1.54, 1.807) is 0 Å². The van der Waals surface area contributed by atoms with Crippen LogP contribution in [0.2, 0.25) is 0 Å². The van der Waals surface area contributed by atoms with E-state index in [1.807, 2.05) is 13.8 Å². The molecule has 0 bridgehead atoms. The van der Waals surface area contributed by atoms with Crippen molar-refractivity contribution < 1.29 is 9.26 Å². The van der Waals surface area contributed by atoms with E-state index < -0.39 is 5.60 Å². The summed E-state index contributed by atoms with van der Waals surface area (Å²) in [6.07, 6.45) is 3.99. The minimum Gasteiger partial charge on any atom is -0.367 e. The van der Waals surface area contributed by atoms with Gasteiger partial charge in [0.1, 0.15) is 5.60 Å². The first-order valence-electron chi connectivity index (χ1n) is 7.79. The van der Waals surface area contributed by atoms with Gasteiger partial charge in [-0.15, -0.1) is 0 Å². The lowest BCUT2D eigenvalue weighted by Gasteiger charge is -2.33. The first-order chi connectivity index (χ1) is 9.60. The molecule has 1 aromatic rings. The molecule has 1 N–H and O–H groups in total. The molecular weight excluding hydrogens is 254 g/mol. The van der Waals surface area contributed by atoms with Crippen LogP contribution in [0.3, 0.4) is 0 Å². The zero-order chi connectivity index (χ0) is 14.6. The number of nitrogens with one attached hydrogen (secondary N) is 1. The fraction of sp³-hybridized carbons (Fsp3) is 0.867. The molecule has 0 amide bonds. The number of nitrogens with zero attached hydrogens (tertiary/aromatic N) is 2. The van der Waals surface area contributed by atoms with Crippen LogP contribution < -0.4 is 5.32 Å². The van der Waals surface area contributed by atoms with Crippen LogP contribution in [-0.4, -0.2) is 29.8 Å². The molecule has 1 fully saturated rings. The molecule has 1 unspecified atom stereocenters. The SMILES string of the molecule is CCOC(C)(CC)c1noc(C2(CC)CCNCC2)n1. The largest absolute Gasteiger partial charge is 0.367 e. The lowest BCUT2D eigenvalue weighted by molar-refractivity contribution is -0.0403. The second-order valence-corrected chi connectivity index (χ2v) is 5.82. The van der Waals surface area contributed by atoms with Crippen LogP contribution in [-0.2, 0) is 15.8 Å². The predicted molar refractivity (Wildman–Crippen MR) is 77.6 cm³/mol. The minimum atomic E-state index is -0.446. The van der Waals surface area contributed by atoms with Gasteiger partial charge in [-0.05, 0) is 52.6 Å². The van der Waals surface area contributed by atoms with Gasteiger partial charge in [-0.25, -0.2) is 0 Å². The molecular formula is C15H27N3O2. The second-order valence-electron chi connectivity index (χ2n) is 5.82. The molecule has 0 saturated carbocycles. The molecule has 2 heterocycles. The quantitative estimate of drug-likeness (QED) is 0.868. The highest BCUT2D eigenvalue weighted by molar-refractivity contribution is 5.10. The summed E-state index contributed by atoms with van der Waals surface area (Å²) in [5.74, 6) is 1.47. The van der Waals surface area contributed by atoms with Crippen molar-refractivity contribution in [3.63, 3.8) is 0 Å². The Hall–Kier alpha value is -0.940. The molecule has 2 rings (SSSR count). The van der Waals surface area contributed by atoms with Gasteiger partial charge in [0.25, 0.3) is 0 Å². The number of hydrogen-bond donors (Lipinski definition) is 1. The van der Waals surface area contributed by atoms with Crippen molar-refractivity contribution >= 4 is 0 Å². The van der Waals surface area contributed by atoms with Crippen LogP contribution >= 0.6 is 0 Å². The maximum atomic E-state index is 5.83. The third-order valence-corrected chi connectivity index (χ3v) is 4.73. The number of ether oxygens (including phenoxy) is 1. The maximum absolute atomic E-state index is 5.83. The van der Waals surface area contributed by atoms with Crippen LogP contribution in [0.25, 0.3) is 0 Å². The highest BCUT2D eigenvalue weighted by Gasteiger charge is 2.40. The summed E-state index contributed by atoms with van der Waals surface area (Å²) >= 11 is 0. The summed E-state index contributed by atoms with van der Waals surface area (Å²) < 4.78 is 11.5. The zero-order valence-electron chi connectivity index (χ0n) is 13.2. The molecule has 0 radical (unpaired) electrons. The molecule has 114 valence electrons. The average molecular weight is 281 g/mol. The van der Waals surface area contributed by atoms with Crippen molar-refractivity contribution in [1.29, 1.82) is 0 Å². The Labute approximate surface area is 121 Å². The summed E-state index contributed by atoms with van der Waals surface area (Å²) in [7, 11) is 0. The number of aromatic nitrogens is 2. The molecule has 5 nitrogen and oxygen atoms in total. The first-order valence-corrected chi connectivity index (χ1v) is 7.79. The van der Waals surface area contributed by atoms with Crippen LogP contribution in [0.15, 0.2) is 4.52 Å². The fourth-order valence-electron chi connectivity index (χ4n) is 2.92. The van der Waals surface area contributed by atoms with Crippen LogP contribution in [0, 0.1) is 0 Å².